The van der Waals surface area contributed by atoms with E-state index >= 15 is 0 Å². The highest BCUT2D eigenvalue weighted by Crippen LogP contribution is 2.37. The van der Waals surface area contributed by atoms with Crippen molar-refractivity contribution >= 4 is 35.8 Å². The van der Waals surface area contributed by atoms with Crippen molar-refractivity contribution in [3.8, 4) is 34.5 Å². The molecule has 0 aliphatic heterocycles. The minimum Gasteiger partial charge on any atom is -0.426 e. The zero-order valence-electron chi connectivity index (χ0n) is 50.8. The summed E-state index contributed by atoms with van der Waals surface area (Å²) in [6.07, 6.45) is 22.1. The second-order valence-corrected chi connectivity index (χ2v) is 21.4. The molecule has 0 aliphatic rings. The Morgan fingerprint density at radius 3 is 0.649 bits per heavy atom. The first-order valence-electron chi connectivity index (χ1n) is 30.4. The van der Waals surface area contributed by atoms with Crippen LogP contribution < -0.4 is 28.4 Å². The third-order valence-corrected chi connectivity index (χ3v) is 15.8. The first-order valence-corrected chi connectivity index (χ1v) is 30.4. The minimum absolute atomic E-state index is 0.214. The number of esters is 6. The van der Waals surface area contributed by atoms with E-state index in [1.807, 2.05) is 0 Å². The van der Waals surface area contributed by atoms with Crippen molar-refractivity contribution in [3.05, 3.63) is 35.4 Å². The lowest BCUT2D eigenvalue weighted by Crippen LogP contribution is -2.15. The molecule has 0 aliphatic carbocycles. The quantitative estimate of drug-likeness (QED) is 0.0462. The average Bonchev–Trinajstić information content (AvgIpc) is 3.41. The molecule has 0 saturated heterocycles. The number of carbonyl (C=O) groups is 6. The van der Waals surface area contributed by atoms with Gasteiger partial charge in [0.05, 0.1) is 0 Å². The molecule has 2 aromatic carbocycles. The maximum atomic E-state index is 12.8. The largest absolute Gasteiger partial charge is 0.426 e. The van der Waals surface area contributed by atoms with Crippen LogP contribution in [0.2, 0.25) is 0 Å². The van der Waals surface area contributed by atoms with Crippen LogP contribution in [0.1, 0.15) is 268 Å². The van der Waals surface area contributed by atoms with Crippen LogP contribution in [0, 0.1) is 49.4 Å². The van der Waals surface area contributed by atoms with Gasteiger partial charge in [0.25, 0.3) is 0 Å². The lowest BCUT2D eigenvalue weighted by molar-refractivity contribution is -0.136. The monoisotopic (exact) mass is 1080 g/mol. The van der Waals surface area contributed by atoms with Gasteiger partial charge in [-0.2, -0.15) is 0 Å². The van der Waals surface area contributed by atoms with Crippen molar-refractivity contribution in [2.24, 2.45) is 35.5 Å². The summed E-state index contributed by atoms with van der Waals surface area (Å²) in [6, 6.07) is 6.20. The highest BCUT2D eigenvalue weighted by molar-refractivity contribution is 5.78. The van der Waals surface area contributed by atoms with Crippen molar-refractivity contribution in [1.82, 2.24) is 0 Å². The fourth-order valence-electron chi connectivity index (χ4n) is 9.78. The van der Waals surface area contributed by atoms with E-state index in [1.165, 1.54) is 0 Å². The summed E-state index contributed by atoms with van der Waals surface area (Å²) >= 11 is 0. The van der Waals surface area contributed by atoms with Gasteiger partial charge in [-0.05, 0) is 87.9 Å². The smallest absolute Gasteiger partial charge is 0.311 e. The van der Waals surface area contributed by atoms with Crippen molar-refractivity contribution in [1.29, 1.82) is 0 Å². The normalized spacial score (nSPS) is 12.4. The van der Waals surface area contributed by atoms with Crippen LogP contribution in [0.15, 0.2) is 24.3 Å². The molecule has 12 heteroatoms. The van der Waals surface area contributed by atoms with Crippen molar-refractivity contribution in [2.45, 2.75) is 270 Å². The molecule has 2 rings (SSSR count). The SMILES string of the molecule is CCC(CC)CCC(=O)Oc1cc(OC(=O)CCC(CC)CC)c(C)c(OC(=O)CCC(CC)CC)c1.CCCC(CC)CCC(=O)Oc1cc(OC(=O)CCC(CC)CCC)c(C)c(OC(=O)CCC(CC)CCC)c1. The van der Waals surface area contributed by atoms with Crippen LogP contribution in [0.4, 0.5) is 0 Å². The summed E-state index contributed by atoms with van der Waals surface area (Å²) in [7, 11) is 0. The van der Waals surface area contributed by atoms with E-state index in [1.54, 1.807) is 38.1 Å². The van der Waals surface area contributed by atoms with E-state index in [0.717, 1.165) is 135 Å². The third-order valence-electron chi connectivity index (χ3n) is 15.8. The molecule has 0 bridgehead atoms. The molecule has 0 radical (unpaired) electrons. The van der Waals surface area contributed by atoms with Crippen LogP contribution in [-0.4, -0.2) is 35.8 Å². The standard InChI is InChI=1S/C34H56O6.C31H50O6/c1-8-14-26(11-4)17-20-32(35)38-29-23-30(39-33(36)21-18-27(12-5)15-9-2)25(7)31(24-29)40-34(37)22-19-28(13-6)16-10-3;1-8-23(9-2)14-17-29(32)35-26-20-27(36-30(33)18-15-24(10-3)11-4)22(7)28(21-26)37-31(34)19-16-25(12-5)13-6/h23-24,26-28H,8-22H2,1-7H3;20-21,23-25H,8-19H2,1-7H3. The summed E-state index contributed by atoms with van der Waals surface area (Å²) in [5, 5.41) is 0. The Labute approximate surface area is 466 Å². The van der Waals surface area contributed by atoms with Crippen LogP contribution >= 0.6 is 0 Å². The molecular weight excluding hydrogens is 973 g/mol. The maximum absolute atomic E-state index is 12.8. The summed E-state index contributed by atoms with van der Waals surface area (Å²) in [5.41, 5.74) is 1.07. The molecule has 0 fully saturated rings. The molecule has 0 heterocycles. The summed E-state index contributed by atoms with van der Waals surface area (Å²) < 4.78 is 34.1. The van der Waals surface area contributed by atoms with Gasteiger partial charge in [-0.25, -0.2) is 0 Å². The second kappa shape index (κ2) is 41.3. The average molecular weight is 1080 g/mol. The highest BCUT2D eigenvalue weighted by atomic mass is 16.6. The summed E-state index contributed by atoms with van der Waals surface area (Å²) in [6.45, 7) is 29.1. The maximum Gasteiger partial charge on any atom is 0.311 e. The predicted octanol–water partition coefficient (Wildman–Crippen LogP) is 17.9. The fraction of sp³-hybridized carbons (Fsp3) is 0.723. The molecule has 0 aromatic heterocycles. The Morgan fingerprint density at radius 2 is 0.468 bits per heavy atom. The van der Waals surface area contributed by atoms with Gasteiger partial charge in [-0.15, -0.1) is 0 Å². The minimum atomic E-state index is -0.354. The molecule has 0 spiro atoms. The summed E-state index contributed by atoms with van der Waals surface area (Å²) in [4.78, 5) is 76.0. The van der Waals surface area contributed by atoms with E-state index in [-0.39, 0.29) is 70.3 Å². The van der Waals surface area contributed by atoms with Crippen molar-refractivity contribution in [2.75, 3.05) is 0 Å². The Balaban J connectivity index is 0.000000772. The highest BCUT2D eigenvalue weighted by Gasteiger charge is 2.23. The lowest BCUT2D eigenvalue weighted by Gasteiger charge is -2.17. The first-order chi connectivity index (χ1) is 36.9. The van der Waals surface area contributed by atoms with Crippen LogP contribution in [0.5, 0.6) is 34.5 Å². The van der Waals surface area contributed by atoms with E-state index < -0.39 is 0 Å². The van der Waals surface area contributed by atoms with Gasteiger partial charge < -0.3 is 28.4 Å². The second-order valence-electron chi connectivity index (χ2n) is 21.4. The molecule has 3 unspecified atom stereocenters. The topological polar surface area (TPSA) is 158 Å². The molecular formula is C65H106O12. The molecule has 438 valence electrons. The third kappa shape index (κ3) is 29.2. The summed E-state index contributed by atoms with van der Waals surface area (Å²) in [5.74, 6) is 2.28. The van der Waals surface area contributed by atoms with Crippen LogP contribution in [-0.2, 0) is 28.8 Å². The van der Waals surface area contributed by atoms with Gasteiger partial charge in [0.1, 0.15) is 34.5 Å². The van der Waals surface area contributed by atoms with E-state index in [4.69, 9.17) is 28.4 Å². The predicted molar refractivity (Wildman–Crippen MR) is 310 cm³/mol. The van der Waals surface area contributed by atoms with E-state index in [9.17, 15) is 28.8 Å². The number of ether oxygens (including phenoxy) is 6. The zero-order valence-corrected chi connectivity index (χ0v) is 50.8. The van der Waals surface area contributed by atoms with E-state index in [2.05, 4.69) is 83.1 Å². The number of hydrogen-bond donors (Lipinski definition) is 0. The Kier molecular flexibility index (Phi) is 37.7. The Hall–Kier alpha value is -4.74. The molecule has 77 heavy (non-hydrogen) atoms. The van der Waals surface area contributed by atoms with Gasteiger partial charge >= 0.3 is 35.8 Å². The van der Waals surface area contributed by atoms with Gasteiger partial charge in [0.15, 0.2) is 0 Å². The molecule has 2 aromatic rings. The molecule has 0 amide bonds. The van der Waals surface area contributed by atoms with Gasteiger partial charge in [0.2, 0.25) is 0 Å². The number of rotatable bonds is 39. The van der Waals surface area contributed by atoms with Crippen molar-refractivity contribution < 1.29 is 57.2 Å². The first kappa shape index (κ1) is 70.3. The van der Waals surface area contributed by atoms with Gasteiger partial charge in [-0.3, -0.25) is 28.8 Å². The van der Waals surface area contributed by atoms with Gasteiger partial charge in [0, 0.05) is 73.9 Å². The molecule has 3 atom stereocenters. The van der Waals surface area contributed by atoms with Gasteiger partial charge in [-0.1, -0.05) is 179 Å². The van der Waals surface area contributed by atoms with Crippen LogP contribution in [0.25, 0.3) is 0 Å². The van der Waals surface area contributed by atoms with Crippen molar-refractivity contribution in [3.63, 3.8) is 0 Å². The van der Waals surface area contributed by atoms with Crippen LogP contribution in [0.3, 0.4) is 0 Å². The number of carbonyl (C=O) groups excluding carboxylic acids is 6. The Bertz CT molecular complexity index is 1910. The molecule has 0 N–H and O–H groups in total. The number of benzene rings is 2. The molecule has 12 nitrogen and oxygen atoms in total. The fourth-order valence-corrected chi connectivity index (χ4v) is 9.78. The molecule has 0 saturated carbocycles. The Morgan fingerprint density at radius 1 is 0.286 bits per heavy atom. The lowest BCUT2D eigenvalue weighted by atomic mass is 9.95. The van der Waals surface area contributed by atoms with E-state index in [0.29, 0.717) is 85.2 Å². The zero-order chi connectivity index (χ0) is 57.7. The number of hydrogen-bond acceptors (Lipinski definition) is 12.